The zero-order valence-electron chi connectivity index (χ0n) is 17.2. The van der Waals surface area contributed by atoms with Gasteiger partial charge >= 0.3 is 0 Å². The van der Waals surface area contributed by atoms with Gasteiger partial charge in [-0.25, -0.2) is 4.98 Å². The van der Waals surface area contributed by atoms with E-state index in [1.54, 1.807) is 6.07 Å². The van der Waals surface area contributed by atoms with E-state index < -0.39 is 0 Å². The molecule has 0 aliphatic heterocycles. The minimum Gasteiger partial charge on any atom is -0.349 e. The smallest absolute Gasteiger partial charge is 0.267 e. The fourth-order valence-corrected chi connectivity index (χ4v) is 3.56. The Morgan fingerprint density at radius 2 is 1.75 bits per heavy atom. The summed E-state index contributed by atoms with van der Waals surface area (Å²) in [7, 11) is 0. The minimum atomic E-state index is -0.206. The van der Waals surface area contributed by atoms with E-state index in [-0.39, 0.29) is 11.8 Å². The second-order valence-corrected chi connectivity index (χ2v) is 7.76. The molecule has 0 aliphatic carbocycles. The van der Waals surface area contributed by atoms with E-state index >= 15 is 0 Å². The molecule has 0 fully saturated rings. The van der Waals surface area contributed by atoms with E-state index in [0.29, 0.717) is 33.7 Å². The van der Waals surface area contributed by atoms with Crippen molar-refractivity contribution in [3.05, 3.63) is 33.8 Å². The van der Waals surface area contributed by atoms with Crippen LogP contribution in [0.5, 0.6) is 0 Å². The van der Waals surface area contributed by atoms with Gasteiger partial charge in [-0.15, -0.1) is 0 Å². The van der Waals surface area contributed by atoms with Gasteiger partial charge in [-0.2, -0.15) is 0 Å². The van der Waals surface area contributed by atoms with Crippen LogP contribution in [0.2, 0.25) is 0 Å². The van der Waals surface area contributed by atoms with Crippen LogP contribution in [0.15, 0.2) is 12.1 Å². The highest BCUT2D eigenvalue weighted by Crippen LogP contribution is 2.27. The van der Waals surface area contributed by atoms with Crippen molar-refractivity contribution in [1.82, 2.24) is 10.3 Å². The van der Waals surface area contributed by atoms with Gasteiger partial charge in [0, 0.05) is 18.3 Å². The lowest BCUT2D eigenvalue weighted by Crippen LogP contribution is -2.22. The number of nitrogens with zero attached hydrogens (tertiary/aromatic N) is 1. The molecule has 8 heteroatoms. The topological polar surface area (TPSA) is 95.2 Å². The molecule has 0 bridgehead atoms. The van der Waals surface area contributed by atoms with Crippen molar-refractivity contribution in [3.63, 3.8) is 0 Å². The lowest BCUT2D eigenvalue weighted by molar-refractivity contribution is -0.114. The van der Waals surface area contributed by atoms with Gasteiger partial charge in [0.15, 0.2) is 5.13 Å². The number of amides is 2. The molecule has 0 saturated heterocycles. The molecule has 1 heterocycles. The molecule has 7 nitrogen and oxygen atoms in total. The Labute approximate surface area is 170 Å². The maximum Gasteiger partial charge on any atom is 0.267 e. The van der Waals surface area contributed by atoms with Crippen LogP contribution in [0, 0.1) is 20.8 Å². The predicted octanol–water partition coefficient (Wildman–Crippen LogP) is 4.04. The third-order valence-electron chi connectivity index (χ3n) is 4.20. The quantitative estimate of drug-likeness (QED) is 0.374. The molecule has 0 atom stereocenters. The number of hydrogen-bond acceptors (Lipinski definition) is 6. The summed E-state index contributed by atoms with van der Waals surface area (Å²) in [4.78, 5) is 29.1. The van der Waals surface area contributed by atoms with Crippen LogP contribution >= 0.6 is 11.3 Å². The van der Waals surface area contributed by atoms with Crippen LogP contribution in [0.1, 0.15) is 53.2 Å². The van der Waals surface area contributed by atoms with Gasteiger partial charge in [0.05, 0.1) is 12.4 Å². The number of carbonyl (C=O) groups is 2. The first-order valence-corrected chi connectivity index (χ1v) is 10.3. The average molecular weight is 404 g/mol. The number of aromatic nitrogens is 1. The van der Waals surface area contributed by atoms with Gasteiger partial charge in [0.1, 0.15) is 4.88 Å². The standard InChI is InChI=1S/C20H29N5O2S/c1-6-7-8-21-11-22-20-23-14(4)18(28-20)19(27)25-17-10-16(24-15(5)26)12(2)9-13(17)3/h9-10,21H,6-8,11H2,1-5H3,(H,22,23)(H,24,26)(H,25,27). The van der Waals surface area contributed by atoms with Crippen molar-refractivity contribution in [2.75, 3.05) is 29.2 Å². The molecule has 2 rings (SSSR count). The van der Waals surface area contributed by atoms with Crippen molar-refractivity contribution >= 4 is 39.7 Å². The minimum absolute atomic E-state index is 0.147. The van der Waals surface area contributed by atoms with E-state index in [9.17, 15) is 9.59 Å². The number of aryl methyl sites for hydroxylation is 3. The molecule has 1 aromatic heterocycles. The number of hydrogen-bond donors (Lipinski definition) is 4. The Hall–Kier alpha value is -2.45. The zero-order chi connectivity index (χ0) is 20.7. The van der Waals surface area contributed by atoms with Gasteiger partial charge in [0.2, 0.25) is 5.91 Å². The molecule has 0 unspecified atom stereocenters. The third kappa shape index (κ3) is 6.03. The van der Waals surface area contributed by atoms with E-state index in [0.717, 1.165) is 30.5 Å². The fourth-order valence-electron chi connectivity index (χ4n) is 2.70. The highest BCUT2D eigenvalue weighted by atomic mass is 32.1. The number of carbonyl (C=O) groups excluding carboxylic acids is 2. The Bertz CT molecular complexity index is 847. The molecule has 4 N–H and O–H groups in total. The Kier molecular flexibility index (Phi) is 7.95. The van der Waals surface area contributed by atoms with Crippen molar-refractivity contribution in [2.45, 2.75) is 47.5 Å². The van der Waals surface area contributed by atoms with Crippen molar-refractivity contribution in [3.8, 4) is 0 Å². The molecule has 0 aliphatic rings. The van der Waals surface area contributed by atoms with E-state index in [4.69, 9.17) is 0 Å². The van der Waals surface area contributed by atoms with Crippen LogP contribution in [0.4, 0.5) is 16.5 Å². The summed E-state index contributed by atoms with van der Waals surface area (Å²) in [5.41, 5.74) is 3.92. The Balaban J connectivity index is 2.07. The van der Waals surface area contributed by atoms with E-state index in [2.05, 4.69) is 33.2 Å². The number of thiazole rings is 1. The van der Waals surface area contributed by atoms with E-state index in [1.807, 2.05) is 26.8 Å². The summed E-state index contributed by atoms with van der Waals surface area (Å²) in [5, 5.41) is 12.9. The molecule has 0 radical (unpaired) electrons. The second kappa shape index (κ2) is 10.2. The number of rotatable bonds is 9. The first-order chi connectivity index (χ1) is 13.3. The lowest BCUT2D eigenvalue weighted by atomic mass is 10.1. The van der Waals surface area contributed by atoms with Gasteiger partial charge < -0.3 is 21.3 Å². The van der Waals surface area contributed by atoms with Gasteiger partial charge in [-0.05, 0) is 50.9 Å². The molecule has 2 aromatic rings. The molecule has 0 saturated carbocycles. The largest absolute Gasteiger partial charge is 0.349 e. The first kappa shape index (κ1) is 21.8. The van der Waals surface area contributed by atoms with Crippen molar-refractivity contribution < 1.29 is 9.59 Å². The fraction of sp³-hybridized carbons (Fsp3) is 0.450. The van der Waals surface area contributed by atoms with Crippen molar-refractivity contribution in [1.29, 1.82) is 0 Å². The number of unbranched alkanes of at least 4 members (excludes halogenated alkanes) is 1. The van der Waals surface area contributed by atoms with Crippen LogP contribution < -0.4 is 21.3 Å². The molecule has 1 aromatic carbocycles. The number of benzene rings is 1. The normalized spacial score (nSPS) is 10.6. The summed E-state index contributed by atoms with van der Waals surface area (Å²) in [6, 6.07) is 3.73. The summed E-state index contributed by atoms with van der Waals surface area (Å²) in [6.07, 6.45) is 2.28. The Morgan fingerprint density at radius 3 is 2.39 bits per heavy atom. The SMILES string of the molecule is CCCCNCNc1nc(C)c(C(=O)Nc2cc(NC(C)=O)c(C)cc2C)s1. The van der Waals surface area contributed by atoms with Crippen LogP contribution in [0.25, 0.3) is 0 Å². The lowest BCUT2D eigenvalue weighted by Gasteiger charge is -2.13. The summed E-state index contributed by atoms with van der Waals surface area (Å²) >= 11 is 1.33. The number of nitrogens with one attached hydrogen (secondary N) is 4. The van der Waals surface area contributed by atoms with Gasteiger partial charge in [0.25, 0.3) is 5.91 Å². The van der Waals surface area contributed by atoms with Gasteiger partial charge in [-0.1, -0.05) is 30.7 Å². The molecular formula is C20H29N5O2S. The third-order valence-corrected chi connectivity index (χ3v) is 5.32. The predicted molar refractivity (Wildman–Crippen MR) is 116 cm³/mol. The Morgan fingerprint density at radius 1 is 1.07 bits per heavy atom. The maximum absolute atomic E-state index is 12.8. The molecule has 2 amide bonds. The van der Waals surface area contributed by atoms with E-state index in [1.165, 1.54) is 18.3 Å². The van der Waals surface area contributed by atoms with Crippen LogP contribution in [-0.4, -0.2) is 30.0 Å². The second-order valence-electron chi connectivity index (χ2n) is 6.76. The molecular weight excluding hydrogens is 374 g/mol. The first-order valence-electron chi connectivity index (χ1n) is 9.44. The maximum atomic E-state index is 12.8. The molecule has 0 spiro atoms. The average Bonchev–Trinajstić information content (AvgIpc) is 2.99. The zero-order valence-corrected chi connectivity index (χ0v) is 18.0. The number of anilines is 3. The van der Waals surface area contributed by atoms with Crippen LogP contribution in [-0.2, 0) is 4.79 Å². The van der Waals surface area contributed by atoms with Gasteiger partial charge in [-0.3, -0.25) is 9.59 Å². The van der Waals surface area contributed by atoms with Crippen molar-refractivity contribution in [2.24, 2.45) is 0 Å². The highest BCUT2D eigenvalue weighted by Gasteiger charge is 2.17. The highest BCUT2D eigenvalue weighted by molar-refractivity contribution is 7.17. The monoisotopic (exact) mass is 403 g/mol. The summed E-state index contributed by atoms with van der Waals surface area (Å²) in [5.74, 6) is -0.353. The molecule has 28 heavy (non-hydrogen) atoms. The molecule has 152 valence electrons. The summed E-state index contributed by atoms with van der Waals surface area (Å²) in [6.45, 7) is 10.9. The summed E-state index contributed by atoms with van der Waals surface area (Å²) < 4.78 is 0. The van der Waals surface area contributed by atoms with Crippen LogP contribution in [0.3, 0.4) is 0 Å².